The fourth-order valence-corrected chi connectivity index (χ4v) is 8.40. The molecule has 4 fully saturated rings. The number of amides is 1. The van der Waals surface area contributed by atoms with Gasteiger partial charge in [-0.05, 0) is 93.3 Å². The van der Waals surface area contributed by atoms with E-state index in [-0.39, 0.29) is 23.0 Å². The van der Waals surface area contributed by atoms with Gasteiger partial charge in [-0.2, -0.15) is 0 Å². The fraction of sp³-hybridized carbons (Fsp3) is 0.846. The van der Waals surface area contributed by atoms with Crippen molar-refractivity contribution in [2.24, 2.45) is 34.5 Å². The van der Waals surface area contributed by atoms with Gasteiger partial charge >= 0.3 is 11.9 Å². The van der Waals surface area contributed by atoms with Crippen molar-refractivity contribution in [1.82, 2.24) is 4.90 Å². The van der Waals surface area contributed by atoms with Crippen LogP contribution in [0.25, 0.3) is 0 Å². The largest absolute Gasteiger partial charge is 0.455 e. The van der Waals surface area contributed by atoms with E-state index >= 15 is 0 Å². The van der Waals surface area contributed by atoms with Crippen molar-refractivity contribution >= 4 is 11.9 Å². The van der Waals surface area contributed by atoms with Gasteiger partial charge in [-0.15, -0.1) is 0 Å². The van der Waals surface area contributed by atoms with Crippen LogP contribution in [0.2, 0.25) is 0 Å². The molecule has 5 rings (SSSR count). The van der Waals surface area contributed by atoms with Crippen LogP contribution in [0.5, 0.6) is 0 Å². The number of esters is 1. The summed E-state index contributed by atoms with van der Waals surface area (Å²) in [7, 11) is 0. The van der Waals surface area contributed by atoms with Crippen molar-refractivity contribution in [3.05, 3.63) is 11.6 Å². The molecule has 0 aromatic heterocycles. The highest BCUT2D eigenvalue weighted by molar-refractivity contribution is 6.32. The zero-order valence-electron chi connectivity index (χ0n) is 19.4. The van der Waals surface area contributed by atoms with E-state index in [9.17, 15) is 14.7 Å². The van der Waals surface area contributed by atoms with Crippen molar-refractivity contribution in [3.8, 4) is 0 Å². The predicted octanol–water partition coefficient (Wildman–Crippen LogP) is 4.09. The average molecular weight is 430 g/mol. The summed E-state index contributed by atoms with van der Waals surface area (Å²) in [4.78, 5) is 26.3. The maximum absolute atomic E-state index is 12.4. The van der Waals surface area contributed by atoms with Crippen LogP contribution >= 0.6 is 0 Å². The zero-order chi connectivity index (χ0) is 22.0. The molecule has 8 atom stereocenters. The first-order chi connectivity index (χ1) is 14.7. The molecule has 3 saturated carbocycles. The van der Waals surface area contributed by atoms with E-state index in [1.807, 2.05) is 6.92 Å². The summed E-state index contributed by atoms with van der Waals surface area (Å²) in [5.41, 5.74) is 1.94. The second-order valence-electron chi connectivity index (χ2n) is 11.6. The SMILES string of the molecule is CC(OC(=O)C(=O)N1CCC1)[C@H]1CC[C@H]2[C@@H]3CC=C4C[C@@H](O)CC[C@]4(C)[C@H]3CC[C@]12C. The first-order valence-electron chi connectivity index (χ1n) is 12.6. The summed E-state index contributed by atoms with van der Waals surface area (Å²) in [6.07, 6.45) is 11.8. The number of aliphatic hydroxyl groups is 1. The number of likely N-dealkylation sites (tertiary alicyclic amines) is 1. The van der Waals surface area contributed by atoms with Gasteiger partial charge in [0.15, 0.2) is 0 Å². The van der Waals surface area contributed by atoms with Crippen molar-refractivity contribution in [3.63, 3.8) is 0 Å². The summed E-state index contributed by atoms with van der Waals surface area (Å²) in [5.74, 6) is 1.27. The van der Waals surface area contributed by atoms with Gasteiger partial charge in [0.2, 0.25) is 0 Å². The van der Waals surface area contributed by atoms with Crippen LogP contribution in [0.4, 0.5) is 0 Å². The second kappa shape index (κ2) is 7.60. The number of carbonyl (C=O) groups excluding carboxylic acids is 2. The van der Waals surface area contributed by atoms with Crippen LogP contribution in [0.3, 0.4) is 0 Å². The van der Waals surface area contributed by atoms with Crippen LogP contribution in [-0.4, -0.2) is 47.2 Å². The van der Waals surface area contributed by atoms with E-state index in [2.05, 4.69) is 19.9 Å². The number of hydrogen-bond donors (Lipinski definition) is 1. The molecule has 4 aliphatic carbocycles. The third-order valence-electron chi connectivity index (χ3n) is 10.3. The number of allylic oxidation sites excluding steroid dienone is 1. The van der Waals surface area contributed by atoms with Crippen molar-refractivity contribution in [2.75, 3.05) is 13.1 Å². The Labute approximate surface area is 186 Å². The lowest BCUT2D eigenvalue weighted by molar-refractivity contribution is -0.169. The lowest BCUT2D eigenvalue weighted by atomic mass is 9.47. The second-order valence-corrected chi connectivity index (χ2v) is 11.6. The molecule has 0 aromatic carbocycles. The summed E-state index contributed by atoms with van der Waals surface area (Å²) in [5, 5.41) is 10.2. The van der Waals surface area contributed by atoms with E-state index in [4.69, 9.17) is 4.74 Å². The predicted molar refractivity (Wildman–Crippen MR) is 118 cm³/mol. The Morgan fingerprint density at radius 3 is 2.61 bits per heavy atom. The minimum absolute atomic E-state index is 0.157. The van der Waals surface area contributed by atoms with Crippen molar-refractivity contribution in [2.45, 2.75) is 90.8 Å². The molecule has 5 heteroatoms. The van der Waals surface area contributed by atoms with Crippen LogP contribution in [0.1, 0.15) is 78.6 Å². The number of hydrogen-bond acceptors (Lipinski definition) is 4. The zero-order valence-corrected chi connectivity index (χ0v) is 19.4. The Balaban J connectivity index is 1.31. The first-order valence-corrected chi connectivity index (χ1v) is 12.6. The average Bonchev–Trinajstić information content (AvgIpc) is 3.04. The third kappa shape index (κ3) is 3.29. The molecule has 0 bridgehead atoms. The lowest BCUT2D eigenvalue weighted by Gasteiger charge is -2.58. The highest BCUT2D eigenvalue weighted by Gasteiger charge is 2.59. The van der Waals surface area contributed by atoms with E-state index in [1.54, 1.807) is 4.90 Å². The fourth-order valence-electron chi connectivity index (χ4n) is 8.40. The lowest BCUT2D eigenvalue weighted by Crippen LogP contribution is -2.52. The van der Waals surface area contributed by atoms with Crippen LogP contribution in [0, 0.1) is 34.5 Å². The molecule has 172 valence electrons. The number of aliphatic hydroxyl groups excluding tert-OH is 1. The quantitative estimate of drug-likeness (QED) is 0.408. The molecular formula is C26H39NO4. The standard InChI is InChI=1S/C26H39NO4/c1-16(31-24(30)23(29)27-13-4-14-27)20-7-8-21-19-6-5-17-15-18(28)9-11-25(17,2)22(19)10-12-26(20,21)3/h5,16,18-22,28H,4,6-15H2,1-3H3/t16?,18-,19-,20+,21-,22-,25-,26+/m0/s1. The van der Waals surface area contributed by atoms with Gasteiger partial charge in [-0.25, -0.2) is 4.79 Å². The van der Waals surface area contributed by atoms with Gasteiger partial charge in [0, 0.05) is 19.0 Å². The van der Waals surface area contributed by atoms with Gasteiger partial charge in [-0.1, -0.05) is 25.5 Å². The van der Waals surface area contributed by atoms with Gasteiger partial charge in [0.1, 0.15) is 6.10 Å². The summed E-state index contributed by atoms with van der Waals surface area (Å²) in [6, 6.07) is 0. The topological polar surface area (TPSA) is 66.8 Å². The molecule has 1 amide bonds. The third-order valence-corrected chi connectivity index (χ3v) is 10.3. The van der Waals surface area contributed by atoms with Crippen LogP contribution < -0.4 is 0 Å². The smallest absolute Gasteiger partial charge is 0.397 e. The number of carbonyl (C=O) groups is 2. The molecule has 5 nitrogen and oxygen atoms in total. The Hall–Kier alpha value is -1.36. The molecule has 1 saturated heterocycles. The van der Waals surface area contributed by atoms with Gasteiger partial charge < -0.3 is 14.7 Å². The van der Waals surface area contributed by atoms with E-state index in [1.165, 1.54) is 24.8 Å². The Kier molecular flexibility index (Phi) is 5.27. The summed E-state index contributed by atoms with van der Waals surface area (Å²) in [6.45, 7) is 8.26. The monoisotopic (exact) mass is 429 g/mol. The minimum atomic E-state index is -0.661. The molecule has 5 aliphatic rings. The Morgan fingerprint density at radius 2 is 1.90 bits per heavy atom. The molecular weight excluding hydrogens is 390 g/mol. The van der Waals surface area contributed by atoms with Crippen LogP contribution in [-0.2, 0) is 14.3 Å². The maximum atomic E-state index is 12.4. The molecule has 1 unspecified atom stereocenters. The van der Waals surface area contributed by atoms with E-state index < -0.39 is 11.9 Å². The molecule has 1 N–H and O–H groups in total. The molecule has 1 aliphatic heterocycles. The van der Waals surface area contributed by atoms with Gasteiger partial charge in [0.05, 0.1) is 6.10 Å². The van der Waals surface area contributed by atoms with Gasteiger partial charge in [-0.3, -0.25) is 4.79 Å². The number of fused-ring (bicyclic) bond motifs is 5. The van der Waals surface area contributed by atoms with Crippen molar-refractivity contribution in [1.29, 1.82) is 0 Å². The Morgan fingerprint density at radius 1 is 1.13 bits per heavy atom. The normalized spacial score (nSPS) is 44.8. The molecule has 31 heavy (non-hydrogen) atoms. The van der Waals surface area contributed by atoms with Crippen LogP contribution in [0.15, 0.2) is 11.6 Å². The highest BCUT2D eigenvalue weighted by atomic mass is 16.5. The molecule has 1 heterocycles. The van der Waals surface area contributed by atoms with E-state index in [0.717, 1.165) is 38.5 Å². The summed E-state index contributed by atoms with van der Waals surface area (Å²) >= 11 is 0. The first kappa shape index (κ1) is 21.5. The highest BCUT2D eigenvalue weighted by Crippen LogP contribution is 2.66. The molecule has 0 radical (unpaired) electrons. The number of nitrogens with zero attached hydrogens (tertiary/aromatic N) is 1. The molecule has 0 aromatic rings. The number of rotatable bonds is 2. The maximum Gasteiger partial charge on any atom is 0.397 e. The van der Waals surface area contributed by atoms with Gasteiger partial charge in [0.25, 0.3) is 0 Å². The minimum Gasteiger partial charge on any atom is -0.455 e. The molecule has 0 spiro atoms. The summed E-state index contributed by atoms with van der Waals surface area (Å²) < 4.78 is 5.75. The number of ether oxygens (including phenoxy) is 1. The van der Waals surface area contributed by atoms with E-state index in [0.29, 0.717) is 36.8 Å². The van der Waals surface area contributed by atoms with Crippen molar-refractivity contribution < 1.29 is 19.4 Å². The Bertz CT molecular complexity index is 788.